The lowest BCUT2D eigenvalue weighted by Gasteiger charge is -2.33. The van der Waals surface area contributed by atoms with E-state index in [1.807, 2.05) is 0 Å². The van der Waals surface area contributed by atoms with Crippen molar-refractivity contribution in [3.05, 3.63) is 71.3 Å². The normalized spacial score (nSPS) is 14.4. The Morgan fingerprint density at radius 3 is 2.16 bits per heavy atom. The molecule has 0 spiro atoms. The summed E-state index contributed by atoms with van der Waals surface area (Å²) < 4.78 is 10.4. The van der Waals surface area contributed by atoms with Crippen molar-refractivity contribution < 1.29 is 28.7 Å². The summed E-state index contributed by atoms with van der Waals surface area (Å²) in [6.07, 6.45) is 1.08. The number of amides is 3. The molecule has 196 valence electrons. The van der Waals surface area contributed by atoms with Crippen LogP contribution in [0.15, 0.2) is 54.6 Å². The zero-order valence-electron chi connectivity index (χ0n) is 21.0. The number of hydrogen-bond donors (Lipinski definition) is 3. The van der Waals surface area contributed by atoms with Crippen LogP contribution in [-0.2, 0) is 19.1 Å². The quantitative estimate of drug-likeness (QED) is 0.270. The molecule has 0 bridgehead atoms. The average Bonchev–Trinajstić information content (AvgIpc) is 2.92. The summed E-state index contributed by atoms with van der Waals surface area (Å²) in [6.45, 7) is 4.51. The number of carbonyl (C=O) groups is 4. The Hall–Kier alpha value is -4.05. The Morgan fingerprint density at radius 2 is 1.54 bits per heavy atom. The van der Waals surface area contributed by atoms with Crippen molar-refractivity contribution in [3.8, 4) is 0 Å². The number of rotatable bonds is 9. The zero-order chi connectivity index (χ0) is 26.8. The fraction of sp³-hybridized carbons (Fsp3) is 0.370. The van der Waals surface area contributed by atoms with Gasteiger partial charge in [0.05, 0.1) is 12.7 Å². The van der Waals surface area contributed by atoms with Gasteiger partial charge in [-0.15, -0.1) is 0 Å². The van der Waals surface area contributed by atoms with Crippen molar-refractivity contribution >= 4 is 29.5 Å². The van der Waals surface area contributed by atoms with Crippen LogP contribution < -0.4 is 10.6 Å². The van der Waals surface area contributed by atoms with Crippen LogP contribution in [0.3, 0.4) is 0 Å². The molecule has 1 unspecified atom stereocenters. The maximum Gasteiger partial charge on any atom is 0.332 e. The van der Waals surface area contributed by atoms with E-state index in [9.17, 15) is 19.2 Å². The molecule has 0 aliphatic carbocycles. The van der Waals surface area contributed by atoms with Crippen LogP contribution in [-0.4, -0.2) is 72.9 Å². The van der Waals surface area contributed by atoms with Crippen LogP contribution in [0.5, 0.6) is 0 Å². The van der Waals surface area contributed by atoms with Gasteiger partial charge in [0, 0.05) is 29.8 Å². The van der Waals surface area contributed by atoms with Crippen LogP contribution in [0.1, 0.15) is 53.0 Å². The zero-order valence-corrected chi connectivity index (χ0v) is 21.0. The molecular formula is C27H32N4O6. The minimum Gasteiger partial charge on any atom is -0.464 e. The smallest absolute Gasteiger partial charge is 0.332 e. The molecule has 3 N–H and O–H groups in total. The highest BCUT2D eigenvalue weighted by Gasteiger charge is 2.27. The highest BCUT2D eigenvalue weighted by molar-refractivity contribution is 6.11. The van der Waals surface area contributed by atoms with Gasteiger partial charge in [-0.3, -0.25) is 19.8 Å². The topological polar surface area (TPSA) is 138 Å². The molecule has 1 fully saturated rings. The molecule has 1 atom stereocenters. The molecule has 1 heterocycles. The fourth-order valence-corrected chi connectivity index (χ4v) is 3.88. The summed E-state index contributed by atoms with van der Waals surface area (Å²) in [7, 11) is 0. The van der Waals surface area contributed by atoms with E-state index < -0.39 is 23.8 Å². The Balaban J connectivity index is 1.45. The Morgan fingerprint density at radius 1 is 0.946 bits per heavy atom. The van der Waals surface area contributed by atoms with Crippen LogP contribution in [0, 0.1) is 5.41 Å². The number of ether oxygens (including phenoxy) is 2. The predicted molar refractivity (Wildman–Crippen MR) is 136 cm³/mol. The average molecular weight is 509 g/mol. The van der Waals surface area contributed by atoms with Crippen molar-refractivity contribution in [2.24, 2.45) is 0 Å². The molecule has 0 radical (unpaired) electrons. The lowest BCUT2D eigenvalue weighted by atomic mass is 10.1. The van der Waals surface area contributed by atoms with Gasteiger partial charge in [-0.2, -0.15) is 0 Å². The largest absolute Gasteiger partial charge is 0.464 e. The van der Waals surface area contributed by atoms with Crippen LogP contribution in [0.4, 0.5) is 0 Å². The maximum absolute atomic E-state index is 12.8. The third-order valence-corrected chi connectivity index (χ3v) is 5.92. The molecule has 2 aromatic carbocycles. The SMILES string of the molecule is CCOC(=O)COC1CCN(C(=O)C(C)NC(=O)c2ccc(C(=N)NC(=O)c3ccccc3)cc2)CC1. The van der Waals surface area contributed by atoms with Gasteiger partial charge in [0.25, 0.3) is 11.8 Å². The summed E-state index contributed by atoms with van der Waals surface area (Å²) in [5, 5.41) is 13.4. The monoisotopic (exact) mass is 508 g/mol. The fourth-order valence-electron chi connectivity index (χ4n) is 3.88. The molecule has 3 amide bonds. The number of benzene rings is 2. The van der Waals surface area contributed by atoms with Gasteiger partial charge in [-0.05, 0) is 51.0 Å². The van der Waals surface area contributed by atoms with Crippen LogP contribution in [0.2, 0.25) is 0 Å². The van der Waals surface area contributed by atoms with Gasteiger partial charge in [-0.1, -0.05) is 30.3 Å². The summed E-state index contributed by atoms with van der Waals surface area (Å²) in [5.41, 5.74) is 1.21. The first-order valence-electron chi connectivity index (χ1n) is 12.2. The van der Waals surface area contributed by atoms with E-state index >= 15 is 0 Å². The van der Waals surface area contributed by atoms with Gasteiger partial charge in [0.15, 0.2) is 0 Å². The van der Waals surface area contributed by atoms with Gasteiger partial charge >= 0.3 is 5.97 Å². The van der Waals surface area contributed by atoms with E-state index in [0.717, 1.165) is 0 Å². The number of nitrogens with one attached hydrogen (secondary N) is 3. The van der Waals surface area contributed by atoms with Gasteiger partial charge < -0.3 is 25.0 Å². The molecule has 1 aliphatic rings. The number of piperidine rings is 1. The summed E-state index contributed by atoms with van der Waals surface area (Å²) in [5.74, 6) is -1.49. The van der Waals surface area contributed by atoms with E-state index in [1.165, 1.54) is 12.1 Å². The number of likely N-dealkylation sites (tertiary alicyclic amines) is 1. The number of esters is 1. The van der Waals surface area contributed by atoms with E-state index in [1.54, 1.807) is 61.2 Å². The first-order valence-corrected chi connectivity index (χ1v) is 12.2. The van der Waals surface area contributed by atoms with Crippen LogP contribution >= 0.6 is 0 Å². The van der Waals surface area contributed by atoms with Crippen molar-refractivity contribution in [1.29, 1.82) is 5.41 Å². The molecule has 10 heteroatoms. The number of amidine groups is 1. The van der Waals surface area contributed by atoms with Gasteiger partial charge in [0.2, 0.25) is 5.91 Å². The van der Waals surface area contributed by atoms with Gasteiger partial charge in [-0.25, -0.2) is 4.79 Å². The van der Waals surface area contributed by atoms with E-state index in [4.69, 9.17) is 14.9 Å². The highest BCUT2D eigenvalue weighted by Crippen LogP contribution is 2.15. The minimum absolute atomic E-state index is 0.0843. The second-order valence-electron chi connectivity index (χ2n) is 8.61. The Bertz CT molecular complexity index is 1110. The molecule has 10 nitrogen and oxygen atoms in total. The van der Waals surface area contributed by atoms with E-state index in [0.29, 0.717) is 49.2 Å². The van der Waals surface area contributed by atoms with E-state index in [2.05, 4.69) is 10.6 Å². The summed E-state index contributed by atoms with van der Waals surface area (Å²) >= 11 is 0. The first-order chi connectivity index (χ1) is 17.8. The number of hydrogen-bond acceptors (Lipinski definition) is 7. The van der Waals surface area contributed by atoms with Crippen molar-refractivity contribution in [2.75, 3.05) is 26.3 Å². The minimum atomic E-state index is -0.729. The predicted octanol–water partition coefficient (Wildman–Crippen LogP) is 2.13. The molecule has 1 saturated heterocycles. The summed E-state index contributed by atoms with van der Waals surface area (Å²) in [6, 6.07) is 14.1. The Labute approximate surface area is 215 Å². The van der Waals surface area contributed by atoms with E-state index in [-0.39, 0.29) is 24.5 Å². The molecule has 37 heavy (non-hydrogen) atoms. The second kappa shape index (κ2) is 13.3. The van der Waals surface area contributed by atoms with Gasteiger partial charge in [0.1, 0.15) is 18.5 Å². The second-order valence-corrected chi connectivity index (χ2v) is 8.61. The molecule has 1 aliphatic heterocycles. The summed E-state index contributed by atoms with van der Waals surface area (Å²) in [4.78, 5) is 50.8. The number of nitrogens with zero attached hydrogens (tertiary/aromatic N) is 1. The molecule has 3 rings (SSSR count). The highest BCUT2D eigenvalue weighted by atomic mass is 16.6. The lowest BCUT2D eigenvalue weighted by Crippen LogP contribution is -2.50. The van der Waals surface area contributed by atoms with Crippen molar-refractivity contribution in [2.45, 2.75) is 38.8 Å². The third kappa shape index (κ3) is 7.97. The number of carbonyl (C=O) groups excluding carboxylic acids is 4. The lowest BCUT2D eigenvalue weighted by molar-refractivity contribution is -0.152. The third-order valence-electron chi connectivity index (χ3n) is 5.92. The van der Waals surface area contributed by atoms with Crippen LogP contribution in [0.25, 0.3) is 0 Å². The Kier molecular flexibility index (Phi) is 9.91. The molecule has 0 saturated carbocycles. The molecule has 0 aromatic heterocycles. The van der Waals surface area contributed by atoms with Crippen molar-refractivity contribution in [3.63, 3.8) is 0 Å². The molecule has 2 aromatic rings. The maximum atomic E-state index is 12.8. The first kappa shape index (κ1) is 27.5. The van der Waals surface area contributed by atoms with Crippen molar-refractivity contribution in [1.82, 2.24) is 15.5 Å². The molecular weight excluding hydrogens is 476 g/mol. The standard InChI is InChI=1S/C27H32N4O6/c1-3-36-23(32)17-37-22-13-15-31(16-14-22)27(35)18(2)29-25(33)21-11-9-19(10-12-21)24(28)30-26(34)20-7-5-4-6-8-20/h4-12,18,22H,3,13-17H2,1-2H3,(H,29,33)(H2,28,30,34).